The Bertz CT molecular complexity index is 983. The molecular weight excluding hydrogens is 496 g/mol. The van der Waals surface area contributed by atoms with E-state index in [0.29, 0.717) is 0 Å². The molecule has 0 amide bonds. The van der Waals surface area contributed by atoms with Crippen molar-refractivity contribution in [3.63, 3.8) is 0 Å². The number of hydrogen-bond acceptors (Lipinski definition) is 13. The van der Waals surface area contributed by atoms with E-state index in [-0.39, 0.29) is 29.2 Å². The first kappa shape index (κ1) is 27.4. The van der Waals surface area contributed by atoms with Crippen LogP contribution < -0.4 is 9.47 Å². The standard InChI is InChI=1S/C24H32O13/c1-24(31)8-14(35-21(30)10-6-12(32-2)17(26)13(7-10)33-3)11-4-5-34-22(16(11)24)37-23-20(29)19(28)18(27)15(9-25)36-23/h4-7,11,14-16,18-20,22-23,25-29,31H,8-9H2,1-3H3/t11-,14+,15+,16+,18+,19-,20+,22-,23-,24-/m0/s1. The minimum absolute atomic E-state index is 0.0153. The molecule has 0 aromatic heterocycles. The summed E-state index contributed by atoms with van der Waals surface area (Å²) >= 11 is 0. The number of carbonyl (C=O) groups excluding carboxylic acids is 1. The quantitative estimate of drug-likeness (QED) is 0.236. The summed E-state index contributed by atoms with van der Waals surface area (Å²) in [4.78, 5) is 13.0. The molecule has 13 heteroatoms. The number of aliphatic hydroxyl groups is 5. The first-order valence-electron chi connectivity index (χ1n) is 11.7. The second-order valence-corrected chi connectivity index (χ2v) is 9.50. The summed E-state index contributed by atoms with van der Waals surface area (Å²) in [6, 6.07) is 2.60. The van der Waals surface area contributed by atoms with Crippen LogP contribution in [0, 0.1) is 11.8 Å². The van der Waals surface area contributed by atoms with Gasteiger partial charge in [-0.3, -0.25) is 0 Å². The summed E-state index contributed by atoms with van der Waals surface area (Å²) in [5.41, 5.74) is -1.40. The first-order valence-corrected chi connectivity index (χ1v) is 11.7. The number of fused-ring (bicyclic) bond motifs is 1. The summed E-state index contributed by atoms with van der Waals surface area (Å²) < 4.78 is 32.6. The largest absolute Gasteiger partial charge is 0.502 e. The molecule has 1 saturated heterocycles. The Balaban J connectivity index is 1.52. The number of esters is 1. The van der Waals surface area contributed by atoms with E-state index in [4.69, 9.17) is 28.4 Å². The Morgan fingerprint density at radius 1 is 1.08 bits per heavy atom. The van der Waals surface area contributed by atoms with Gasteiger partial charge in [0.2, 0.25) is 12.0 Å². The third-order valence-corrected chi connectivity index (χ3v) is 7.07. The molecule has 1 aromatic rings. The maximum Gasteiger partial charge on any atom is 0.338 e. The van der Waals surface area contributed by atoms with Crippen molar-refractivity contribution in [2.45, 2.75) is 62.0 Å². The lowest BCUT2D eigenvalue weighted by Gasteiger charge is -2.43. The van der Waals surface area contributed by atoms with E-state index >= 15 is 0 Å². The number of aliphatic hydroxyl groups excluding tert-OH is 4. The third-order valence-electron chi connectivity index (χ3n) is 7.07. The van der Waals surface area contributed by atoms with Crippen molar-refractivity contribution in [1.29, 1.82) is 0 Å². The Hall–Kier alpha value is -2.65. The molecule has 10 atom stereocenters. The van der Waals surface area contributed by atoms with E-state index in [1.807, 2.05) is 0 Å². The van der Waals surface area contributed by atoms with Crippen LogP contribution in [0.25, 0.3) is 0 Å². The van der Waals surface area contributed by atoms with Gasteiger partial charge in [0.05, 0.1) is 44.2 Å². The third kappa shape index (κ3) is 5.08. The fourth-order valence-electron chi connectivity index (χ4n) is 5.11. The van der Waals surface area contributed by atoms with Crippen molar-refractivity contribution in [2.24, 2.45) is 11.8 Å². The maximum absolute atomic E-state index is 13.0. The molecule has 0 bridgehead atoms. The maximum atomic E-state index is 13.0. The molecule has 1 aromatic carbocycles. The van der Waals surface area contributed by atoms with Crippen molar-refractivity contribution in [3.8, 4) is 17.2 Å². The summed E-state index contributed by atoms with van der Waals surface area (Å²) in [7, 11) is 2.65. The summed E-state index contributed by atoms with van der Waals surface area (Å²) in [6.45, 7) is 0.891. The lowest BCUT2D eigenvalue weighted by Crippen LogP contribution is -2.60. The lowest BCUT2D eigenvalue weighted by molar-refractivity contribution is -0.346. The number of benzene rings is 1. The van der Waals surface area contributed by atoms with Crippen LogP contribution in [-0.4, -0.2) is 106 Å². The van der Waals surface area contributed by atoms with E-state index in [0.717, 1.165) is 0 Å². The molecule has 4 rings (SSSR count). The molecule has 1 saturated carbocycles. The van der Waals surface area contributed by atoms with E-state index in [2.05, 4.69) is 0 Å². The zero-order chi connectivity index (χ0) is 27.1. The van der Waals surface area contributed by atoms with Crippen LogP contribution in [0.3, 0.4) is 0 Å². The first-order chi connectivity index (χ1) is 17.5. The van der Waals surface area contributed by atoms with Crippen LogP contribution in [0.4, 0.5) is 0 Å². The molecule has 3 aliphatic rings. The van der Waals surface area contributed by atoms with Crippen LogP contribution in [0.1, 0.15) is 23.7 Å². The average molecular weight is 529 g/mol. The zero-order valence-electron chi connectivity index (χ0n) is 20.5. The van der Waals surface area contributed by atoms with Gasteiger partial charge >= 0.3 is 5.97 Å². The number of hydrogen-bond donors (Lipinski definition) is 6. The smallest absolute Gasteiger partial charge is 0.338 e. The summed E-state index contributed by atoms with van der Waals surface area (Å²) in [5, 5.41) is 61.1. The van der Waals surface area contributed by atoms with Crippen LogP contribution in [0.15, 0.2) is 24.5 Å². The molecule has 2 aliphatic heterocycles. The highest BCUT2D eigenvalue weighted by Gasteiger charge is 2.58. The van der Waals surface area contributed by atoms with Crippen molar-refractivity contribution in [2.75, 3.05) is 20.8 Å². The van der Waals surface area contributed by atoms with Crippen molar-refractivity contribution in [3.05, 3.63) is 30.0 Å². The van der Waals surface area contributed by atoms with Crippen molar-refractivity contribution >= 4 is 5.97 Å². The van der Waals surface area contributed by atoms with Gasteiger partial charge in [-0.25, -0.2) is 4.79 Å². The SMILES string of the molecule is COc1cc(C(=O)O[C@@H]2C[C@](C)(O)[C@H]3[C@H](O[C@@H]4O[C@H](CO)[C@@H](O)[C@H](O)[C@H]4O)OC=C[C@H]32)cc(OC)c1O. The Labute approximate surface area is 212 Å². The van der Waals surface area contributed by atoms with E-state index in [1.54, 1.807) is 6.08 Å². The second kappa shape index (κ2) is 10.6. The number of aromatic hydroxyl groups is 1. The van der Waals surface area contributed by atoms with Gasteiger partial charge in [0.15, 0.2) is 17.8 Å². The molecule has 0 spiro atoms. The van der Waals surface area contributed by atoms with Crippen LogP contribution in [-0.2, 0) is 18.9 Å². The topological polar surface area (TPSA) is 194 Å². The van der Waals surface area contributed by atoms with Crippen LogP contribution in [0.5, 0.6) is 17.2 Å². The van der Waals surface area contributed by atoms with Gasteiger partial charge in [-0.05, 0) is 25.1 Å². The number of ether oxygens (including phenoxy) is 6. The average Bonchev–Trinajstić information content (AvgIpc) is 3.14. The minimum Gasteiger partial charge on any atom is -0.502 e. The van der Waals surface area contributed by atoms with Crippen LogP contribution in [0.2, 0.25) is 0 Å². The molecule has 13 nitrogen and oxygen atoms in total. The van der Waals surface area contributed by atoms with Gasteiger partial charge in [0.25, 0.3) is 0 Å². The number of methoxy groups -OCH3 is 2. The zero-order valence-corrected chi connectivity index (χ0v) is 20.5. The normalized spacial score (nSPS) is 39.0. The van der Waals surface area contributed by atoms with Crippen molar-refractivity contribution < 1.29 is 63.9 Å². The predicted molar refractivity (Wildman–Crippen MR) is 122 cm³/mol. The number of carbonyl (C=O) groups is 1. The minimum atomic E-state index is -1.66. The highest BCUT2D eigenvalue weighted by molar-refractivity contribution is 5.91. The highest BCUT2D eigenvalue weighted by atomic mass is 16.8. The van der Waals surface area contributed by atoms with Gasteiger partial charge in [-0.1, -0.05) is 0 Å². The molecule has 1 aliphatic carbocycles. The fourth-order valence-corrected chi connectivity index (χ4v) is 5.11. The Morgan fingerprint density at radius 2 is 1.73 bits per heavy atom. The second-order valence-electron chi connectivity index (χ2n) is 9.50. The Kier molecular flexibility index (Phi) is 7.85. The molecule has 2 fully saturated rings. The van der Waals surface area contributed by atoms with Gasteiger partial charge < -0.3 is 59.1 Å². The highest BCUT2D eigenvalue weighted by Crippen LogP contribution is 2.48. The van der Waals surface area contributed by atoms with Gasteiger partial charge in [-0.15, -0.1) is 0 Å². The monoisotopic (exact) mass is 528 g/mol. The van der Waals surface area contributed by atoms with Crippen molar-refractivity contribution in [1.82, 2.24) is 0 Å². The van der Waals surface area contributed by atoms with E-state index < -0.39 is 73.1 Å². The molecule has 0 unspecified atom stereocenters. The molecular formula is C24H32O13. The number of rotatable bonds is 7. The van der Waals surface area contributed by atoms with E-state index in [9.17, 15) is 35.4 Å². The van der Waals surface area contributed by atoms with Gasteiger partial charge in [0, 0.05) is 12.3 Å². The number of phenolic OH excluding ortho intramolecular Hbond substituents is 1. The molecule has 6 N–H and O–H groups in total. The predicted octanol–water partition coefficient (Wildman–Crippen LogP) is -0.992. The fraction of sp³-hybridized carbons (Fsp3) is 0.625. The van der Waals surface area contributed by atoms with Gasteiger partial charge in [-0.2, -0.15) is 0 Å². The summed E-state index contributed by atoms with van der Waals surface area (Å²) in [6.07, 6.45) is -6.59. The van der Waals surface area contributed by atoms with E-state index in [1.165, 1.54) is 39.5 Å². The molecule has 0 radical (unpaired) electrons. The molecule has 206 valence electrons. The molecule has 37 heavy (non-hydrogen) atoms. The lowest BCUT2D eigenvalue weighted by atomic mass is 9.85. The Morgan fingerprint density at radius 3 is 2.32 bits per heavy atom. The number of phenols is 1. The molecule has 2 heterocycles. The van der Waals surface area contributed by atoms with Crippen LogP contribution >= 0.6 is 0 Å². The summed E-state index contributed by atoms with van der Waals surface area (Å²) in [5.74, 6) is -2.34. The van der Waals surface area contributed by atoms with Gasteiger partial charge in [0.1, 0.15) is 30.5 Å².